The van der Waals surface area contributed by atoms with Crippen LogP contribution in [-0.2, 0) is 10.0 Å². The molecule has 0 atom stereocenters. The Kier molecular flexibility index (Phi) is 6.39. The van der Waals surface area contributed by atoms with Crippen LogP contribution in [0.15, 0.2) is 57.9 Å². The van der Waals surface area contributed by atoms with Crippen molar-refractivity contribution in [3.8, 4) is 0 Å². The number of hydrogen-bond donors (Lipinski definition) is 2. The molecule has 5 nitrogen and oxygen atoms in total. The zero-order valence-electron chi connectivity index (χ0n) is 13.3. The Morgan fingerprint density at radius 3 is 2.50 bits per heavy atom. The Morgan fingerprint density at radius 1 is 1.12 bits per heavy atom. The minimum Gasteiger partial charge on any atom is -0.352 e. The van der Waals surface area contributed by atoms with Gasteiger partial charge in [-0.05, 0) is 48.9 Å². The van der Waals surface area contributed by atoms with Crippen molar-refractivity contribution in [2.75, 3.05) is 11.3 Å². The van der Waals surface area contributed by atoms with Gasteiger partial charge in [-0.15, -0.1) is 0 Å². The molecule has 2 rings (SSSR count). The summed E-state index contributed by atoms with van der Waals surface area (Å²) in [6.07, 6.45) is 1.90. The Hall–Kier alpha value is -1.86. The van der Waals surface area contributed by atoms with Crippen molar-refractivity contribution >= 4 is 37.5 Å². The van der Waals surface area contributed by atoms with Crippen LogP contribution in [0, 0.1) is 0 Å². The Morgan fingerprint density at radius 2 is 1.83 bits per heavy atom. The zero-order chi connectivity index (χ0) is 17.6. The second kappa shape index (κ2) is 8.30. The molecule has 24 heavy (non-hydrogen) atoms. The lowest BCUT2D eigenvalue weighted by Crippen LogP contribution is -2.24. The molecule has 0 unspecified atom stereocenters. The number of sulfonamides is 1. The van der Waals surface area contributed by atoms with E-state index < -0.39 is 10.0 Å². The summed E-state index contributed by atoms with van der Waals surface area (Å²) in [5.74, 6) is -0.215. The van der Waals surface area contributed by atoms with Gasteiger partial charge in [0.25, 0.3) is 15.9 Å². The minimum absolute atomic E-state index is 0.156. The molecule has 2 aromatic rings. The summed E-state index contributed by atoms with van der Waals surface area (Å²) in [5.41, 5.74) is 0.767. The van der Waals surface area contributed by atoms with Crippen molar-refractivity contribution in [2.24, 2.45) is 0 Å². The van der Waals surface area contributed by atoms with E-state index in [-0.39, 0.29) is 10.8 Å². The standard InChI is InChI=1S/C17H19BrN2O3S/c1-2-3-11-19-17(21)13-5-4-6-15(12-13)20-24(22,23)16-9-7-14(18)8-10-16/h4-10,12,20H,2-3,11H2,1H3,(H,19,21). The van der Waals surface area contributed by atoms with Crippen LogP contribution in [-0.4, -0.2) is 20.9 Å². The summed E-state index contributed by atoms with van der Waals surface area (Å²) in [4.78, 5) is 12.2. The second-order valence-electron chi connectivity index (χ2n) is 5.25. The zero-order valence-corrected chi connectivity index (χ0v) is 15.7. The summed E-state index contributed by atoms with van der Waals surface area (Å²) in [6, 6.07) is 12.8. The van der Waals surface area contributed by atoms with Crippen LogP contribution < -0.4 is 10.0 Å². The van der Waals surface area contributed by atoms with E-state index in [1.54, 1.807) is 30.3 Å². The highest BCUT2D eigenvalue weighted by Gasteiger charge is 2.15. The molecule has 0 saturated carbocycles. The average molecular weight is 411 g/mol. The molecular formula is C17H19BrN2O3S. The van der Waals surface area contributed by atoms with E-state index in [1.165, 1.54) is 18.2 Å². The van der Waals surface area contributed by atoms with Gasteiger partial charge in [0.2, 0.25) is 0 Å². The first kappa shape index (κ1) is 18.5. The minimum atomic E-state index is -3.70. The summed E-state index contributed by atoms with van der Waals surface area (Å²) < 4.78 is 28.0. The third kappa shape index (κ3) is 5.07. The fourth-order valence-corrected chi connectivity index (χ4v) is 3.35. The van der Waals surface area contributed by atoms with Crippen LogP contribution in [0.1, 0.15) is 30.1 Å². The Bertz CT molecular complexity index is 805. The van der Waals surface area contributed by atoms with Crippen LogP contribution in [0.3, 0.4) is 0 Å². The van der Waals surface area contributed by atoms with E-state index in [4.69, 9.17) is 0 Å². The van der Waals surface area contributed by atoms with Gasteiger partial charge in [-0.2, -0.15) is 0 Å². The Balaban J connectivity index is 2.14. The summed E-state index contributed by atoms with van der Waals surface area (Å²) in [5, 5.41) is 2.81. The van der Waals surface area contributed by atoms with E-state index in [2.05, 4.69) is 26.0 Å². The molecule has 2 N–H and O–H groups in total. The van der Waals surface area contributed by atoms with Gasteiger partial charge in [-0.1, -0.05) is 35.3 Å². The summed E-state index contributed by atoms with van der Waals surface area (Å²) in [7, 11) is -3.70. The molecular weight excluding hydrogens is 392 g/mol. The number of carbonyl (C=O) groups excluding carboxylic acids is 1. The number of amides is 1. The fourth-order valence-electron chi connectivity index (χ4n) is 2.03. The van der Waals surface area contributed by atoms with E-state index in [9.17, 15) is 13.2 Å². The van der Waals surface area contributed by atoms with Crippen molar-refractivity contribution in [1.29, 1.82) is 0 Å². The third-order valence-electron chi connectivity index (χ3n) is 3.32. The van der Waals surface area contributed by atoms with E-state index in [0.717, 1.165) is 17.3 Å². The predicted octanol–water partition coefficient (Wildman–Crippen LogP) is 3.78. The molecule has 2 aromatic carbocycles. The SMILES string of the molecule is CCCCNC(=O)c1cccc(NS(=O)(=O)c2ccc(Br)cc2)c1. The molecule has 0 spiro atoms. The van der Waals surface area contributed by atoms with Gasteiger partial charge < -0.3 is 5.32 Å². The fraction of sp³-hybridized carbons (Fsp3) is 0.235. The number of anilines is 1. The first-order chi connectivity index (χ1) is 11.4. The summed E-state index contributed by atoms with van der Waals surface area (Å²) >= 11 is 3.27. The average Bonchev–Trinajstić information content (AvgIpc) is 2.55. The first-order valence-corrected chi connectivity index (χ1v) is 9.86. The molecule has 0 aliphatic heterocycles. The van der Waals surface area contributed by atoms with Gasteiger partial charge in [0, 0.05) is 22.3 Å². The molecule has 0 bridgehead atoms. The molecule has 0 radical (unpaired) electrons. The van der Waals surface area contributed by atoms with Gasteiger partial charge in [0.15, 0.2) is 0 Å². The van der Waals surface area contributed by atoms with Gasteiger partial charge in [-0.3, -0.25) is 9.52 Å². The highest BCUT2D eigenvalue weighted by molar-refractivity contribution is 9.10. The molecule has 0 aliphatic rings. The van der Waals surface area contributed by atoms with Crippen LogP contribution in [0.2, 0.25) is 0 Å². The van der Waals surface area contributed by atoms with Crippen molar-refractivity contribution in [3.05, 3.63) is 58.6 Å². The molecule has 0 heterocycles. The quantitative estimate of drug-likeness (QED) is 0.681. The van der Waals surface area contributed by atoms with Crippen LogP contribution >= 0.6 is 15.9 Å². The van der Waals surface area contributed by atoms with E-state index >= 15 is 0 Å². The normalized spacial score (nSPS) is 11.1. The molecule has 1 amide bonds. The van der Waals surface area contributed by atoms with Crippen molar-refractivity contribution < 1.29 is 13.2 Å². The number of benzene rings is 2. The lowest BCUT2D eigenvalue weighted by atomic mass is 10.2. The molecule has 7 heteroatoms. The number of rotatable bonds is 7. The number of hydrogen-bond acceptors (Lipinski definition) is 3. The van der Waals surface area contributed by atoms with E-state index in [1.807, 2.05) is 6.92 Å². The number of halogens is 1. The molecule has 0 aliphatic carbocycles. The maximum absolute atomic E-state index is 12.4. The van der Waals surface area contributed by atoms with E-state index in [0.29, 0.717) is 17.8 Å². The van der Waals surface area contributed by atoms with Crippen LogP contribution in [0.25, 0.3) is 0 Å². The lowest BCUT2D eigenvalue weighted by Gasteiger charge is -2.10. The molecule has 0 saturated heterocycles. The number of nitrogens with one attached hydrogen (secondary N) is 2. The smallest absolute Gasteiger partial charge is 0.261 e. The maximum atomic E-state index is 12.4. The van der Waals surface area contributed by atoms with Crippen LogP contribution in [0.5, 0.6) is 0 Å². The monoisotopic (exact) mass is 410 g/mol. The lowest BCUT2D eigenvalue weighted by molar-refractivity contribution is 0.0953. The first-order valence-electron chi connectivity index (χ1n) is 7.59. The molecule has 0 aromatic heterocycles. The largest absolute Gasteiger partial charge is 0.352 e. The highest BCUT2D eigenvalue weighted by Crippen LogP contribution is 2.19. The maximum Gasteiger partial charge on any atom is 0.261 e. The Labute approximate surface area is 150 Å². The summed E-state index contributed by atoms with van der Waals surface area (Å²) in [6.45, 7) is 2.65. The predicted molar refractivity (Wildman–Crippen MR) is 98.6 cm³/mol. The number of unbranched alkanes of at least 4 members (excludes halogenated alkanes) is 1. The van der Waals surface area contributed by atoms with Gasteiger partial charge in [0.05, 0.1) is 4.90 Å². The van der Waals surface area contributed by atoms with Crippen molar-refractivity contribution in [3.63, 3.8) is 0 Å². The van der Waals surface area contributed by atoms with Crippen molar-refractivity contribution in [1.82, 2.24) is 5.32 Å². The topological polar surface area (TPSA) is 75.3 Å². The highest BCUT2D eigenvalue weighted by atomic mass is 79.9. The van der Waals surface area contributed by atoms with Crippen LogP contribution in [0.4, 0.5) is 5.69 Å². The molecule has 0 fully saturated rings. The molecule has 128 valence electrons. The number of carbonyl (C=O) groups is 1. The van der Waals surface area contributed by atoms with Crippen molar-refractivity contribution in [2.45, 2.75) is 24.7 Å². The second-order valence-corrected chi connectivity index (χ2v) is 7.85. The third-order valence-corrected chi connectivity index (χ3v) is 5.24. The van der Waals surface area contributed by atoms with Gasteiger partial charge in [0.1, 0.15) is 0 Å². The van der Waals surface area contributed by atoms with Gasteiger partial charge in [-0.25, -0.2) is 8.42 Å². The van der Waals surface area contributed by atoms with Gasteiger partial charge >= 0.3 is 0 Å².